The molecule has 1 aromatic rings. The number of carbonyl (C=O) groups is 1. The highest BCUT2D eigenvalue weighted by Crippen LogP contribution is 2.13. The SMILES string of the molecule is CCCOC(=O)CNC(=S)Nc1nccnc1Cl. The topological polar surface area (TPSA) is 76.1 Å². The van der Waals surface area contributed by atoms with Gasteiger partial charge in [0, 0.05) is 12.4 Å². The van der Waals surface area contributed by atoms with Crippen molar-refractivity contribution in [2.24, 2.45) is 0 Å². The summed E-state index contributed by atoms with van der Waals surface area (Å²) in [6, 6.07) is 0. The largest absolute Gasteiger partial charge is 0.464 e. The van der Waals surface area contributed by atoms with Crippen molar-refractivity contribution >= 4 is 40.7 Å². The Morgan fingerprint density at radius 3 is 2.89 bits per heavy atom. The molecule has 1 heterocycles. The van der Waals surface area contributed by atoms with Gasteiger partial charge in [-0.3, -0.25) is 4.79 Å². The van der Waals surface area contributed by atoms with Crippen LogP contribution in [0.15, 0.2) is 12.4 Å². The zero-order valence-electron chi connectivity index (χ0n) is 9.77. The smallest absolute Gasteiger partial charge is 0.325 e. The van der Waals surface area contributed by atoms with Gasteiger partial charge in [0.25, 0.3) is 0 Å². The molecule has 98 valence electrons. The van der Waals surface area contributed by atoms with Crippen LogP contribution in [0, 0.1) is 0 Å². The molecule has 0 spiro atoms. The standard InChI is InChI=1S/C10H13ClN4O2S/c1-2-5-17-7(16)6-14-10(18)15-9-8(11)12-3-4-13-9/h3-4H,2,5-6H2,1H3,(H2,13,14,15,18). The molecule has 6 nitrogen and oxygen atoms in total. The molecule has 1 aromatic heterocycles. The van der Waals surface area contributed by atoms with E-state index in [2.05, 4.69) is 20.6 Å². The van der Waals surface area contributed by atoms with E-state index in [0.717, 1.165) is 6.42 Å². The fourth-order valence-corrected chi connectivity index (χ4v) is 1.30. The lowest BCUT2D eigenvalue weighted by atomic mass is 10.5. The predicted molar refractivity (Wildman–Crippen MR) is 72.5 cm³/mol. The molecule has 0 bridgehead atoms. The first-order valence-corrected chi connectivity index (χ1v) is 6.09. The monoisotopic (exact) mass is 288 g/mol. The number of rotatable bonds is 5. The summed E-state index contributed by atoms with van der Waals surface area (Å²) in [5, 5.41) is 5.85. The summed E-state index contributed by atoms with van der Waals surface area (Å²) in [5.74, 6) is -0.0372. The first-order valence-electron chi connectivity index (χ1n) is 5.30. The van der Waals surface area contributed by atoms with Gasteiger partial charge in [0.2, 0.25) is 0 Å². The highest BCUT2D eigenvalue weighted by Gasteiger charge is 2.06. The van der Waals surface area contributed by atoms with Gasteiger partial charge in [-0.15, -0.1) is 0 Å². The lowest BCUT2D eigenvalue weighted by Crippen LogP contribution is -2.34. The Kier molecular flexibility index (Phi) is 6.31. The Balaban J connectivity index is 2.34. The fourth-order valence-electron chi connectivity index (χ4n) is 0.976. The second kappa shape index (κ2) is 7.78. The van der Waals surface area contributed by atoms with E-state index in [4.69, 9.17) is 28.6 Å². The summed E-state index contributed by atoms with van der Waals surface area (Å²) in [6.07, 6.45) is 3.72. The molecule has 8 heteroatoms. The Bertz CT molecular complexity index is 430. The minimum atomic E-state index is -0.369. The molecule has 18 heavy (non-hydrogen) atoms. The Morgan fingerprint density at radius 2 is 2.22 bits per heavy atom. The van der Waals surface area contributed by atoms with Crippen LogP contribution in [-0.2, 0) is 9.53 Å². The molecule has 0 atom stereocenters. The minimum absolute atomic E-state index is 0.0102. The molecule has 0 radical (unpaired) electrons. The Morgan fingerprint density at radius 1 is 1.50 bits per heavy atom. The molecule has 2 N–H and O–H groups in total. The second-order valence-electron chi connectivity index (χ2n) is 3.22. The molecule has 1 rings (SSSR count). The molecular weight excluding hydrogens is 276 g/mol. The van der Waals surface area contributed by atoms with Crippen molar-refractivity contribution in [3.05, 3.63) is 17.5 Å². The van der Waals surface area contributed by atoms with Crippen molar-refractivity contribution < 1.29 is 9.53 Å². The maximum atomic E-state index is 11.2. The van der Waals surface area contributed by atoms with Crippen LogP contribution < -0.4 is 10.6 Å². The summed E-state index contributed by atoms with van der Waals surface area (Å²) in [5.41, 5.74) is 0. The summed E-state index contributed by atoms with van der Waals surface area (Å²) in [6.45, 7) is 2.31. The van der Waals surface area contributed by atoms with Crippen LogP contribution in [0.2, 0.25) is 5.15 Å². The van der Waals surface area contributed by atoms with Gasteiger partial charge in [-0.1, -0.05) is 18.5 Å². The van der Waals surface area contributed by atoms with Gasteiger partial charge in [0.05, 0.1) is 6.61 Å². The Hall–Kier alpha value is -1.47. The van der Waals surface area contributed by atoms with Crippen LogP contribution in [0.25, 0.3) is 0 Å². The molecule has 0 unspecified atom stereocenters. The molecule has 0 aromatic carbocycles. The molecule has 0 saturated heterocycles. The number of halogens is 1. The maximum absolute atomic E-state index is 11.2. The van der Waals surface area contributed by atoms with E-state index in [1.54, 1.807) is 0 Å². The van der Waals surface area contributed by atoms with Crippen LogP contribution in [0.4, 0.5) is 5.82 Å². The minimum Gasteiger partial charge on any atom is -0.464 e. The van der Waals surface area contributed by atoms with Gasteiger partial charge in [0.1, 0.15) is 6.54 Å². The van der Waals surface area contributed by atoms with Crippen LogP contribution in [0.1, 0.15) is 13.3 Å². The van der Waals surface area contributed by atoms with E-state index in [0.29, 0.717) is 12.4 Å². The van der Waals surface area contributed by atoms with E-state index in [9.17, 15) is 4.79 Å². The second-order valence-corrected chi connectivity index (χ2v) is 3.99. The lowest BCUT2D eigenvalue weighted by molar-refractivity contribution is -0.142. The van der Waals surface area contributed by atoms with Gasteiger partial charge in [-0.05, 0) is 18.6 Å². The predicted octanol–water partition coefficient (Wildman–Crippen LogP) is 1.37. The molecule has 0 aliphatic heterocycles. The van der Waals surface area contributed by atoms with Crippen LogP contribution in [0.5, 0.6) is 0 Å². The quantitative estimate of drug-likeness (QED) is 0.626. The normalized spacial score (nSPS) is 9.67. The third-order valence-electron chi connectivity index (χ3n) is 1.75. The van der Waals surface area contributed by atoms with Crippen LogP contribution in [-0.4, -0.2) is 34.2 Å². The molecule has 0 fully saturated rings. The number of aromatic nitrogens is 2. The molecule has 0 aliphatic carbocycles. The van der Waals surface area contributed by atoms with Gasteiger partial charge < -0.3 is 15.4 Å². The first-order chi connectivity index (χ1) is 8.63. The number of thiocarbonyl (C=S) groups is 1. The number of esters is 1. The van der Waals surface area contributed by atoms with Crippen molar-refractivity contribution in [2.45, 2.75) is 13.3 Å². The van der Waals surface area contributed by atoms with Crippen molar-refractivity contribution in [1.29, 1.82) is 0 Å². The summed E-state index contributed by atoms with van der Waals surface area (Å²) >= 11 is 10.8. The average molecular weight is 289 g/mol. The number of hydrogen-bond donors (Lipinski definition) is 2. The number of hydrogen-bond acceptors (Lipinski definition) is 5. The highest BCUT2D eigenvalue weighted by atomic mass is 35.5. The third kappa shape index (κ3) is 5.24. The molecule has 0 aliphatic rings. The van der Waals surface area contributed by atoms with Gasteiger partial charge in [0.15, 0.2) is 16.1 Å². The zero-order valence-corrected chi connectivity index (χ0v) is 11.3. The van der Waals surface area contributed by atoms with E-state index >= 15 is 0 Å². The lowest BCUT2D eigenvalue weighted by Gasteiger charge is -2.09. The zero-order chi connectivity index (χ0) is 13.4. The van der Waals surface area contributed by atoms with Crippen molar-refractivity contribution in [3.8, 4) is 0 Å². The van der Waals surface area contributed by atoms with Crippen LogP contribution >= 0.6 is 23.8 Å². The first kappa shape index (κ1) is 14.6. The number of carbonyl (C=O) groups excluding carboxylic acids is 1. The van der Waals surface area contributed by atoms with E-state index < -0.39 is 0 Å². The summed E-state index contributed by atoms with van der Waals surface area (Å²) < 4.78 is 4.87. The van der Waals surface area contributed by atoms with Crippen LogP contribution in [0.3, 0.4) is 0 Å². The molecule has 0 amide bonds. The highest BCUT2D eigenvalue weighted by molar-refractivity contribution is 7.80. The number of anilines is 1. The van der Waals surface area contributed by atoms with Crippen molar-refractivity contribution in [3.63, 3.8) is 0 Å². The van der Waals surface area contributed by atoms with Crippen molar-refractivity contribution in [1.82, 2.24) is 15.3 Å². The number of ether oxygens (including phenoxy) is 1. The maximum Gasteiger partial charge on any atom is 0.325 e. The summed E-state index contributed by atoms with van der Waals surface area (Å²) in [4.78, 5) is 19.0. The molecule has 0 saturated carbocycles. The van der Waals surface area contributed by atoms with E-state index in [1.807, 2.05) is 6.92 Å². The Labute approximate surface area is 115 Å². The van der Waals surface area contributed by atoms with Gasteiger partial charge >= 0.3 is 5.97 Å². The van der Waals surface area contributed by atoms with Crippen molar-refractivity contribution in [2.75, 3.05) is 18.5 Å². The molecular formula is C10H13ClN4O2S. The number of nitrogens with one attached hydrogen (secondary N) is 2. The van der Waals surface area contributed by atoms with E-state index in [1.165, 1.54) is 12.4 Å². The third-order valence-corrected chi connectivity index (χ3v) is 2.27. The van der Waals surface area contributed by atoms with E-state index in [-0.39, 0.29) is 22.8 Å². The average Bonchev–Trinajstić information content (AvgIpc) is 2.36. The number of nitrogens with zero attached hydrogens (tertiary/aromatic N) is 2. The fraction of sp³-hybridized carbons (Fsp3) is 0.400. The van der Waals surface area contributed by atoms with Gasteiger partial charge in [-0.25, -0.2) is 9.97 Å². The summed E-state index contributed by atoms with van der Waals surface area (Å²) in [7, 11) is 0. The van der Waals surface area contributed by atoms with Gasteiger partial charge in [-0.2, -0.15) is 0 Å².